The Balaban J connectivity index is 3.01. The first-order valence-corrected chi connectivity index (χ1v) is 4.76. The van der Waals surface area contributed by atoms with Gasteiger partial charge in [0.2, 0.25) is 6.21 Å². The lowest BCUT2D eigenvalue weighted by atomic mass is 10.0. The van der Waals surface area contributed by atoms with Crippen molar-refractivity contribution in [3.05, 3.63) is 34.4 Å². The fraction of sp³-hybridized carbons (Fsp3) is 0.273. The van der Waals surface area contributed by atoms with Gasteiger partial charge in [0, 0.05) is 10.7 Å². The minimum Gasteiger partial charge on any atom is -0.365 e. The van der Waals surface area contributed by atoms with Crippen LogP contribution in [-0.4, -0.2) is 12.2 Å². The molecule has 1 rings (SSSR count). The second-order valence-electron chi connectivity index (χ2n) is 3.60. The summed E-state index contributed by atoms with van der Waals surface area (Å²) in [4.78, 5) is 0. The molecule has 1 aromatic rings. The summed E-state index contributed by atoms with van der Waals surface area (Å²) >= 11 is 0. The van der Waals surface area contributed by atoms with Crippen molar-refractivity contribution in [3.63, 3.8) is 0 Å². The molecule has 0 atom stereocenters. The zero-order chi connectivity index (χ0) is 11.4. The van der Waals surface area contributed by atoms with Crippen molar-refractivity contribution < 1.29 is 5.10 Å². The summed E-state index contributed by atoms with van der Waals surface area (Å²) in [6, 6.07) is 4.23. The third-order valence-corrected chi connectivity index (χ3v) is 2.30. The van der Waals surface area contributed by atoms with Gasteiger partial charge in [-0.2, -0.15) is 0 Å². The van der Waals surface area contributed by atoms with E-state index in [2.05, 4.69) is 43.1 Å². The van der Waals surface area contributed by atoms with Gasteiger partial charge in [0.1, 0.15) is 0 Å². The first-order valence-electron chi connectivity index (χ1n) is 4.76. The molecule has 0 saturated carbocycles. The summed E-state index contributed by atoms with van der Waals surface area (Å²) in [6.45, 7) is 6.22. The van der Waals surface area contributed by atoms with Crippen LogP contribution in [0.15, 0.2) is 17.2 Å². The molecule has 0 radical (unpaired) electrons. The van der Waals surface area contributed by atoms with Crippen LogP contribution in [0.25, 0.3) is 0 Å². The van der Waals surface area contributed by atoms with Crippen molar-refractivity contribution in [1.82, 2.24) is 0 Å². The zero-order valence-corrected chi connectivity index (χ0v) is 9.33. The molecule has 4 nitrogen and oxygen atoms in total. The van der Waals surface area contributed by atoms with Crippen molar-refractivity contribution in [2.24, 2.45) is 16.6 Å². The number of hydrogen-bond donors (Lipinski definition) is 3. The lowest BCUT2D eigenvalue weighted by Gasteiger charge is -2.03. The van der Waals surface area contributed by atoms with E-state index in [0.29, 0.717) is 0 Å². The van der Waals surface area contributed by atoms with Gasteiger partial charge in [0.05, 0.1) is 0 Å². The van der Waals surface area contributed by atoms with E-state index in [9.17, 15) is 0 Å². The van der Waals surface area contributed by atoms with Gasteiger partial charge < -0.3 is 11.5 Å². The lowest BCUT2D eigenvalue weighted by Crippen LogP contribution is -2.63. The SMILES string of the molecule is Cc1cc(C)c(/C=[NH+]/N=C(N)N)cc1C. The van der Waals surface area contributed by atoms with Crippen LogP contribution in [-0.2, 0) is 0 Å². The molecule has 15 heavy (non-hydrogen) atoms. The summed E-state index contributed by atoms with van der Waals surface area (Å²) in [7, 11) is 0. The Morgan fingerprint density at radius 1 is 1.13 bits per heavy atom. The molecule has 5 N–H and O–H groups in total. The predicted molar refractivity (Wildman–Crippen MR) is 62.6 cm³/mol. The van der Waals surface area contributed by atoms with E-state index in [0.717, 1.165) is 5.56 Å². The molecule has 0 aliphatic rings. The smallest absolute Gasteiger partial charge is 0.256 e. The lowest BCUT2D eigenvalue weighted by molar-refractivity contribution is -0.456. The molecule has 0 bridgehead atoms. The van der Waals surface area contributed by atoms with Gasteiger partial charge in [0.25, 0.3) is 5.96 Å². The van der Waals surface area contributed by atoms with Crippen molar-refractivity contribution >= 4 is 12.2 Å². The average molecular weight is 205 g/mol. The van der Waals surface area contributed by atoms with Crippen LogP contribution < -0.4 is 16.6 Å². The van der Waals surface area contributed by atoms with Gasteiger partial charge in [-0.1, -0.05) is 6.07 Å². The molecule has 4 heteroatoms. The maximum Gasteiger partial charge on any atom is 0.256 e. The van der Waals surface area contributed by atoms with Crippen molar-refractivity contribution in [3.8, 4) is 0 Å². The number of nitrogens with two attached hydrogens (primary N) is 2. The number of aryl methyl sites for hydroxylation is 3. The molecule has 0 heterocycles. The number of hydrazone groups is 1. The normalized spacial score (nSPS) is 10.6. The van der Waals surface area contributed by atoms with Gasteiger partial charge in [-0.25, -0.2) is 0 Å². The zero-order valence-electron chi connectivity index (χ0n) is 9.33. The van der Waals surface area contributed by atoms with E-state index in [1.165, 1.54) is 16.7 Å². The van der Waals surface area contributed by atoms with Crippen LogP contribution in [0.4, 0.5) is 0 Å². The highest BCUT2D eigenvalue weighted by Gasteiger charge is 2.01. The van der Waals surface area contributed by atoms with Gasteiger partial charge in [-0.05, 0) is 43.5 Å². The van der Waals surface area contributed by atoms with Crippen LogP contribution in [0.2, 0.25) is 0 Å². The third kappa shape index (κ3) is 3.09. The fourth-order valence-corrected chi connectivity index (χ4v) is 1.31. The Bertz CT molecular complexity index is 415. The Hall–Kier alpha value is -1.84. The molecule has 1 aromatic carbocycles. The number of nitrogens with zero attached hydrogens (tertiary/aromatic N) is 1. The van der Waals surface area contributed by atoms with Gasteiger partial charge >= 0.3 is 0 Å². The van der Waals surface area contributed by atoms with Gasteiger partial charge in [0.15, 0.2) is 0 Å². The van der Waals surface area contributed by atoms with Crippen molar-refractivity contribution in [1.29, 1.82) is 0 Å². The first-order chi connectivity index (χ1) is 7.00. The maximum atomic E-state index is 5.19. The molecule has 0 aliphatic carbocycles. The molecule has 0 aromatic heterocycles. The van der Waals surface area contributed by atoms with Crippen LogP contribution in [0.5, 0.6) is 0 Å². The summed E-state index contributed by atoms with van der Waals surface area (Å²) < 4.78 is 0. The largest absolute Gasteiger partial charge is 0.365 e. The monoisotopic (exact) mass is 205 g/mol. The van der Waals surface area contributed by atoms with Gasteiger partial charge in [-0.15, -0.1) is 5.10 Å². The van der Waals surface area contributed by atoms with E-state index < -0.39 is 0 Å². The number of nitrogens with one attached hydrogen (secondary N) is 1. The quantitative estimate of drug-likeness (QED) is 0.339. The van der Waals surface area contributed by atoms with E-state index >= 15 is 0 Å². The third-order valence-electron chi connectivity index (χ3n) is 2.30. The highest BCUT2D eigenvalue weighted by Crippen LogP contribution is 2.12. The number of guanidine groups is 1. The minimum atomic E-state index is 0.0211. The summed E-state index contributed by atoms with van der Waals surface area (Å²) in [5.41, 5.74) is 15.2. The number of hydrogen-bond acceptors (Lipinski definition) is 1. The van der Waals surface area contributed by atoms with Crippen molar-refractivity contribution in [2.45, 2.75) is 20.8 Å². The van der Waals surface area contributed by atoms with E-state index in [1.54, 1.807) is 6.21 Å². The van der Waals surface area contributed by atoms with E-state index in [-0.39, 0.29) is 5.96 Å². The molecule has 0 spiro atoms. The minimum absolute atomic E-state index is 0.0211. The average Bonchev–Trinajstić information content (AvgIpc) is 2.13. The van der Waals surface area contributed by atoms with Crippen molar-refractivity contribution in [2.75, 3.05) is 0 Å². The van der Waals surface area contributed by atoms with E-state index in [4.69, 9.17) is 11.5 Å². The topological polar surface area (TPSA) is 78.4 Å². The predicted octanol–water partition coefficient (Wildman–Crippen LogP) is -0.700. The Kier molecular flexibility index (Phi) is 3.44. The highest BCUT2D eigenvalue weighted by molar-refractivity contribution is 5.79. The molecule has 0 aliphatic heterocycles. The van der Waals surface area contributed by atoms with Gasteiger partial charge in [-0.3, -0.25) is 0 Å². The summed E-state index contributed by atoms with van der Waals surface area (Å²) in [6.07, 6.45) is 1.78. The Morgan fingerprint density at radius 2 is 1.73 bits per heavy atom. The Morgan fingerprint density at radius 3 is 2.33 bits per heavy atom. The molecule has 0 amide bonds. The number of benzene rings is 1. The summed E-state index contributed by atoms with van der Waals surface area (Å²) in [5, 5.41) is 6.38. The molecule has 80 valence electrons. The summed E-state index contributed by atoms with van der Waals surface area (Å²) in [5.74, 6) is 0.0211. The van der Waals surface area contributed by atoms with Crippen LogP contribution >= 0.6 is 0 Å². The van der Waals surface area contributed by atoms with Crippen LogP contribution in [0.1, 0.15) is 22.3 Å². The first kappa shape index (κ1) is 11.2. The van der Waals surface area contributed by atoms with Crippen LogP contribution in [0.3, 0.4) is 0 Å². The molecular formula is C11H17N4+. The molecule has 0 fully saturated rings. The molecule has 0 unspecified atom stereocenters. The fourth-order valence-electron chi connectivity index (χ4n) is 1.31. The Labute approximate surface area is 89.7 Å². The second-order valence-corrected chi connectivity index (χ2v) is 3.60. The van der Waals surface area contributed by atoms with E-state index in [1.807, 2.05) is 0 Å². The molecule has 0 saturated heterocycles. The second kappa shape index (κ2) is 4.59. The number of rotatable bonds is 2. The highest BCUT2D eigenvalue weighted by atomic mass is 15.3. The molecular weight excluding hydrogens is 188 g/mol. The van der Waals surface area contributed by atoms with Crippen LogP contribution in [0, 0.1) is 20.8 Å². The standard InChI is InChI=1S/C11H16N4/c1-7-4-9(3)10(5-8(7)2)6-14-15-11(12)13/h4-6H,1-3H3,(H4,12,13,15)/p+1/b14-6+. The maximum absolute atomic E-state index is 5.19.